The number of benzene rings is 3. The van der Waals surface area contributed by atoms with E-state index in [1.54, 1.807) is 6.07 Å². The molecular weight excluding hydrogens is 392 g/mol. The number of methoxy groups -OCH3 is 1. The third kappa shape index (κ3) is 5.83. The van der Waals surface area contributed by atoms with Gasteiger partial charge in [-0.2, -0.15) is 8.78 Å². The Balaban J connectivity index is 1.45. The molecule has 0 aliphatic rings. The van der Waals surface area contributed by atoms with Crippen LogP contribution in [0.25, 0.3) is 10.8 Å². The standard InChI is InChI=1S/C23H23F2NO4/c1-28-20-12-11-16(14-21(20)30-23(24)25)15-26-22(27)10-5-13-29-19-9-4-7-17-6-2-3-8-18(17)19/h2-4,6-9,11-12,14,23H,5,10,13,15H2,1H3,(H,26,27). The molecule has 158 valence electrons. The van der Waals surface area contributed by atoms with Crippen LogP contribution in [0.2, 0.25) is 0 Å². The summed E-state index contributed by atoms with van der Waals surface area (Å²) in [6.07, 6.45) is 0.846. The maximum atomic E-state index is 12.5. The number of rotatable bonds is 10. The van der Waals surface area contributed by atoms with Gasteiger partial charge >= 0.3 is 6.61 Å². The molecule has 0 aliphatic heterocycles. The number of alkyl halides is 2. The summed E-state index contributed by atoms with van der Waals surface area (Å²) in [5.41, 5.74) is 0.631. The number of carbonyl (C=O) groups excluding carboxylic acids is 1. The molecule has 0 spiro atoms. The second-order valence-electron chi connectivity index (χ2n) is 6.57. The highest BCUT2D eigenvalue weighted by Gasteiger charge is 2.12. The summed E-state index contributed by atoms with van der Waals surface area (Å²) in [4.78, 5) is 12.1. The van der Waals surface area contributed by atoms with E-state index in [-0.39, 0.29) is 24.0 Å². The van der Waals surface area contributed by atoms with E-state index in [4.69, 9.17) is 9.47 Å². The van der Waals surface area contributed by atoms with E-state index in [1.807, 2.05) is 42.5 Å². The number of hydrogen-bond donors (Lipinski definition) is 1. The van der Waals surface area contributed by atoms with Crippen molar-refractivity contribution in [3.8, 4) is 17.2 Å². The molecule has 0 atom stereocenters. The smallest absolute Gasteiger partial charge is 0.387 e. The van der Waals surface area contributed by atoms with Crippen LogP contribution < -0.4 is 19.5 Å². The maximum absolute atomic E-state index is 12.5. The molecule has 3 aromatic carbocycles. The second-order valence-corrected chi connectivity index (χ2v) is 6.57. The van der Waals surface area contributed by atoms with Crippen molar-refractivity contribution in [3.63, 3.8) is 0 Å². The molecule has 1 N–H and O–H groups in total. The Morgan fingerprint density at radius 1 is 1.00 bits per heavy atom. The van der Waals surface area contributed by atoms with Crippen LogP contribution in [-0.4, -0.2) is 26.2 Å². The highest BCUT2D eigenvalue weighted by Crippen LogP contribution is 2.29. The first-order valence-corrected chi connectivity index (χ1v) is 9.56. The number of fused-ring (bicyclic) bond motifs is 1. The first-order chi connectivity index (χ1) is 14.6. The first-order valence-electron chi connectivity index (χ1n) is 9.56. The topological polar surface area (TPSA) is 56.8 Å². The van der Waals surface area contributed by atoms with Crippen LogP contribution in [0.15, 0.2) is 60.7 Å². The molecular formula is C23H23F2NO4. The van der Waals surface area contributed by atoms with E-state index in [0.717, 1.165) is 16.5 Å². The van der Waals surface area contributed by atoms with Crippen LogP contribution in [0, 0.1) is 0 Å². The number of nitrogens with one attached hydrogen (secondary N) is 1. The van der Waals surface area contributed by atoms with Crippen molar-refractivity contribution >= 4 is 16.7 Å². The van der Waals surface area contributed by atoms with Crippen LogP contribution in [0.4, 0.5) is 8.78 Å². The molecule has 0 saturated heterocycles. The van der Waals surface area contributed by atoms with Gasteiger partial charge in [-0.25, -0.2) is 0 Å². The largest absolute Gasteiger partial charge is 0.493 e. The van der Waals surface area contributed by atoms with Gasteiger partial charge in [-0.15, -0.1) is 0 Å². The van der Waals surface area contributed by atoms with Gasteiger partial charge in [-0.3, -0.25) is 4.79 Å². The highest BCUT2D eigenvalue weighted by molar-refractivity contribution is 5.88. The minimum Gasteiger partial charge on any atom is -0.493 e. The lowest BCUT2D eigenvalue weighted by Gasteiger charge is -2.12. The normalized spacial score (nSPS) is 10.8. The Kier molecular flexibility index (Phi) is 7.43. The van der Waals surface area contributed by atoms with Crippen molar-refractivity contribution < 1.29 is 27.8 Å². The Labute approximate surface area is 173 Å². The molecule has 3 aromatic rings. The average Bonchev–Trinajstić information content (AvgIpc) is 2.75. The first kappa shape index (κ1) is 21.4. The summed E-state index contributed by atoms with van der Waals surface area (Å²) in [6, 6.07) is 18.4. The van der Waals surface area contributed by atoms with E-state index in [1.165, 1.54) is 19.2 Å². The van der Waals surface area contributed by atoms with Crippen molar-refractivity contribution in [2.45, 2.75) is 26.0 Å². The third-order valence-electron chi connectivity index (χ3n) is 4.49. The van der Waals surface area contributed by atoms with E-state index < -0.39 is 6.61 Å². The van der Waals surface area contributed by atoms with E-state index >= 15 is 0 Å². The van der Waals surface area contributed by atoms with Gasteiger partial charge < -0.3 is 19.5 Å². The molecule has 0 fully saturated rings. The fourth-order valence-corrected chi connectivity index (χ4v) is 3.04. The second kappa shape index (κ2) is 10.4. The summed E-state index contributed by atoms with van der Waals surface area (Å²) in [7, 11) is 1.37. The zero-order valence-electron chi connectivity index (χ0n) is 16.6. The predicted molar refractivity (Wildman–Crippen MR) is 110 cm³/mol. The number of carbonyl (C=O) groups is 1. The minimum absolute atomic E-state index is 0.0669. The molecule has 0 saturated carbocycles. The number of halogens is 2. The van der Waals surface area contributed by atoms with Gasteiger partial charge in [0.25, 0.3) is 0 Å². The van der Waals surface area contributed by atoms with E-state index in [2.05, 4.69) is 10.1 Å². The number of hydrogen-bond acceptors (Lipinski definition) is 4. The average molecular weight is 415 g/mol. The third-order valence-corrected chi connectivity index (χ3v) is 4.49. The van der Waals surface area contributed by atoms with Gasteiger partial charge in [0.1, 0.15) is 5.75 Å². The van der Waals surface area contributed by atoms with Crippen molar-refractivity contribution in [2.75, 3.05) is 13.7 Å². The molecule has 0 aromatic heterocycles. The van der Waals surface area contributed by atoms with Crippen LogP contribution >= 0.6 is 0 Å². The SMILES string of the molecule is COc1ccc(CNC(=O)CCCOc2cccc3ccccc23)cc1OC(F)F. The molecule has 0 heterocycles. The molecule has 5 nitrogen and oxygen atoms in total. The van der Waals surface area contributed by atoms with Gasteiger partial charge in [0.2, 0.25) is 5.91 Å². The van der Waals surface area contributed by atoms with Crippen molar-refractivity contribution in [3.05, 3.63) is 66.2 Å². The molecule has 1 amide bonds. The summed E-state index contributed by atoms with van der Waals surface area (Å²) < 4.78 is 40.3. The maximum Gasteiger partial charge on any atom is 0.387 e. The van der Waals surface area contributed by atoms with Crippen LogP contribution in [-0.2, 0) is 11.3 Å². The Bertz CT molecular complexity index is 989. The molecule has 0 unspecified atom stereocenters. The lowest BCUT2D eigenvalue weighted by Crippen LogP contribution is -2.23. The predicted octanol–water partition coefficient (Wildman–Crippen LogP) is 4.93. The number of ether oxygens (including phenoxy) is 3. The van der Waals surface area contributed by atoms with Crippen molar-refractivity contribution in [2.24, 2.45) is 0 Å². The van der Waals surface area contributed by atoms with Crippen molar-refractivity contribution in [1.82, 2.24) is 5.32 Å². The van der Waals surface area contributed by atoms with Gasteiger partial charge in [0, 0.05) is 18.4 Å². The van der Waals surface area contributed by atoms with Gasteiger partial charge in [-0.05, 0) is 35.6 Å². The molecule has 0 aliphatic carbocycles. The van der Waals surface area contributed by atoms with E-state index in [9.17, 15) is 13.6 Å². The number of amides is 1. The fraction of sp³-hybridized carbons (Fsp3) is 0.261. The molecule has 7 heteroatoms. The fourth-order valence-electron chi connectivity index (χ4n) is 3.04. The summed E-state index contributed by atoms with van der Waals surface area (Å²) in [6.45, 7) is -2.34. The summed E-state index contributed by atoms with van der Waals surface area (Å²) in [5, 5.41) is 4.90. The van der Waals surface area contributed by atoms with E-state index in [0.29, 0.717) is 25.0 Å². The monoisotopic (exact) mass is 415 g/mol. The highest BCUT2D eigenvalue weighted by atomic mass is 19.3. The Morgan fingerprint density at radius 2 is 1.80 bits per heavy atom. The quantitative estimate of drug-likeness (QED) is 0.477. The van der Waals surface area contributed by atoms with Crippen molar-refractivity contribution in [1.29, 1.82) is 0 Å². The van der Waals surface area contributed by atoms with Gasteiger partial charge in [-0.1, -0.05) is 42.5 Å². The summed E-state index contributed by atoms with van der Waals surface area (Å²) >= 11 is 0. The zero-order valence-corrected chi connectivity index (χ0v) is 16.6. The lowest BCUT2D eigenvalue weighted by atomic mass is 10.1. The van der Waals surface area contributed by atoms with Crippen LogP contribution in [0.3, 0.4) is 0 Å². The van der Waals surface area contributed by atoms with Gasteiger partial charge in [0.05, 0.1) is 13.7 Å². The summed E-state index contributed by atoms with van der Waals surface area (Å²) in [5.74, 6) is 0.778. The Hall–Kier alpha value is -3.35. The Morgan fingerprint density at radius 3 is 2.60 bits per heavy atom. The molecule has 3 rings (SSSR count). The lowest BCUT2D eigenvalue weighted by molar-refractivity contribution is -0.121. The van der Waals surface area contributed by atoms with Gasteiger partial charge in [0.15, 0.2) is 11.5 Å². The zero-order chi connectivity index (χ0) is 21.3. The molecule has 0 radical (unpaired) electrons. The van der Waals surface area contributed by atoms with Crippen LogP contribution in [0.5, 0.6) is 17.2 Å². The minimum atomic E-state index is -2.95. The molecule has 0 bridgehead atoms. The molecule has 30 heavy (non-hydrogen) atoms. The van der Waals surface area contributed by atoms with Crippen LogP contribution in [0.1, 0.15) is 18.4 Å².